The fourth-order valence-corrected chi connectivity index (χ4v) is 3.34. The first-order chi connectivity index (χ1) is 12.0. The van der Waals surface area contributed by atoms with Crippen LogP contribution in [0.25, 0.3) is 0 Å². The molecule has 25 heavy (non-hydrogen) atoms. The number of rotatable bonds is 6. The van der Waals surface area contributed by atoms with Gasteiger partial charge >= 0.3 is 0 Å². The van der Waals surface area contributed by atoms with Gasteiger partial charge in [-0.1, -0.05) is 30.7 Å². The van der Waals surface area contributed by atoms with Crippen LogP contribution in [0.3, 0.4) is 0 Å². The third-order valence-corrected chi connectivity index (χ3v) is 5.21. The predicted octanol–water partition coefficient (Wildman–Crippen LogP) is 1.99. The lowest BCUT2D eigenvalue weighted by molar-refractivity contribution is 0.107. The van der Waals surface area contributed by atoms with Gasteiger partial charge in [-0.05, 0) is 38.4 Å². The van der Waals surface area contributed by atoms with Crippen molar-refractivity contribution in [3.05, 3.63) is 34.9 Å². The molecule has 2 N–H and O–H groups in total. The van der Waals surface area contributed by atoms with Gasteiger partial charge in [-0.3, -0.25) is 9.89 Å². The SMILES string of the molecule is CCN1CCN(C(C)CNC(=NC)NCc2ccc(C)cc2C)CC1. The largest absolute Gasteiger partial charge is 0.355 e. The zero-order valence-electron chi connectivity index (χ0n) is 16.6. The molecule has 1 saturated heterocycles. The van der Waals surface area contributed by atoms with E-state index < -0.39 is 0 Å². The Kier molecular flexibility index (Phi) is 7.72. The van der Waals surface area contributed by atoms with Crippen LogP contribution in [0.2, 0.25) is 0 Å². The summed E-state index contributed by atoms with van der Waals surface area (Å²) >= 11 is 0. The maximum atomic E-state index is 4.36. The summed E-state index contributed by atoms with van der Waals surface area (Å²) in [4.78, 5) is 9.44. The molecule has 1 atom stereocenters. The molecule has 1 aliphatic heterocycles. The molecular formula is C20H35N5. The quantitative estimate of drug-likeness (QED) is 0.611. The molecule has 0 saturated carbocycles. The molecule has 0 spiro atoms. The summed E-state index contributed by atoms with van der Waals surface area (Å²) in [6, 6.07) is 7.10. The van der Waals surface area contributed by atoms with Crippen LogP contribution in [0.15, 0.2) is 23.2 Å². The Morgan fingerprint density at radius 3 is 2.48 bits per heavy atom. The van der Waals surface area contributed by atoms with Crippen LogP contribution >= 0.6 is 0 Å². The number of aryl methyl sites for hydroxylation is 2. The number of nitrogens with zero attached hydrogens (tertiary/aromatic N) is 3. The molecule has 1 heterocycles. The van der Waals surface area contributed by atoms with Crippen molar-refractivity contribution >= 4 is 5.96 Å². The van der Waals surface area contributed by atoms with Crippen molar-refractivity contribution in [2.75, 3.05) is 46.3 Å². The summed E-state index contributed by atoms with van der Waals surface area (Å²) in [6.45, 7) is 16.4. The van der Waals surface area contributed by atoms with Gasteiger partial charge in [-0.15, -0.1) is 0 Å². The van der Waals surface area contributed by atoms with Crippen LogP contribution in [0.5, 0.6) is 0 Å². The van der Waals surface area contributed by atoms with Gasteiger partial charge in [0.05, 0.1) is 0 Å². The van der Waals surface area contributed by atoms with Crippen molar-refractivity contribution in [3.8, 4) is 0 Å². The first-order valence-corrected chi connectivity index (χ1v) is 9.50. The third-order valence-electron chi connectivity index (χ3n) is 5.21. The van der Waals surface area contributed by atoms with Crippen molar-refractivity contribution < 1.29 is 0 Å². The van der Waals surface area contributed by atoms with Gasteiger partial charge in [0.1, 0.15) is 0 Å². The highest BCUT2D eigenvalue weighted by atomic mass is 15.3. The molecule has 0 radical (unpaired) electrons. The minimum atomic E-state index is 0.513. The van der Waals surface area contributed by atoms with E-state index in [-0.39, 0.29) is 0 Å². The van der Waals surface area contributed by atoms with Crippen LogP contribution in [-0.2, 0) is 6.54 Å². The van der Waals surface area contributed by atoms with E-state index in [2.05, 4.69) is 71.3 Å². The van der Waals surface area contributed by atoms with Gasteiger partial charge in [-0.2, -0.15) is 0 Å². The molecule has 1 aromatic rings. The molecule has 0 aromatic heterocycles. The van der Waals surface area contributed by atoms with Crippen molar-refractivity contribution in [2.24, 2.45) is 4.99 Å². The first-order valence-electron chi connectivity index (χ1n) is 9.50. The molecular weight excluding hydrogens is 310 g/mol. The van der Waals surface area contributed by atoms with E-state index in [4.69, 9.17) is 0 Å². The Bertz CT molecular complexity index is 561. The normalized spacial score (nSPS) is 18.2. The zero-order chi connectivity index (χ0) is 18.2. The van der Waals surface area contributed by atoms with E-state index in [0.29, 0.717) is 6.04 Å². The number of guanidine groups is 1. The fraction of sp³-hybridized carbons (Fsp3) is 0.650. The second-order valence-electron chi connectivity index (χ2n) is 7.06. The lowest BCUT2D eigenvalue weighted by atomic mass is 10.1. The standard InChI is InChI=1S/C20H35N5/c1-6-24-9-11-25(12-10-24)18(4)14-22-20(21-5)23-15-19-8-7-16(2)13-17(19)3/h7-8,13,18H,6,9-12,14-15H2,1-5H3,(H2,21,22,23). The average Bonchev–Trinajstić information content (AvgIpc) is 2.63. The monoisotopic (exact) mass is 345 g/mol. The minimum absolute atomic E-state index is 0.513. The molecule has 1 unspecified atom stereocenters. The summed E-state index contributed by atoms with van der Waals surface area (Å²) in [5, 5.41) is 6.91. The highest BCUT2D eigenvalue weighted by Gasteiger charge is 2.20. The van der Waals surface area contributed by atoms with Crippen molar-refractivity contribution in [2.45, 2.75) is 40.3 Å². The van der Waals surface area contributed by atoms with E-state index in [1.165, 1.54) is 29.8 Å². The molecule has 0 amide bonds. The number of likely N-dealkylation sites (N-methyl/N-ethyl adjacent to an activating group) is 1. The van der Waals surface area contributed by atoms with Gasteiger partial charge in [0.15, 0.2) is 5.96 Å². The van der Waals surface area contributed by atoms with Crippen molar-refractivity contribution in [1.29, 1.82) is 0 Å². The van der Waals surface area contributed by atoms with Gasteiger partial charge in [0, 0.05) is 52.4 Å². The topological polar surface area (TPSA) is 42.9 Å². The molecule has 5 nitrogen and oxygen atoms in total. The number of nitrogens with one attached hydrogen (secondary N) is 2. The second-order valence-corrected chi connectivity index (χ2v) is 7.06. The maximum absolute atomic E-state index is 4.36. The van der Waals surface area contributed by atoms with Gasteiger partial charge in [0.25, 0.3) is 0 Å². The summed E-state index contributed by atoms with van der Waals surface area (Å²) in [5.41, 5.74) is 3.95. The zero-order valence-corrected chi connectivity index (χ0v) is 16.6. The van der Waals surface area contributed by atoms with Gasteiger partial charge < -0.3 is 15.5 Å². The Hall–Kier alpha value is -1.59. The van der Waals surface area contributed by atoms with Crippen molar-refractivity contribution in [1.82, 2.24) is 20.4 Å². The average molecular weight is 346 g/mol. The van der Waals surface area contributed by atoms with Gasteiger partial charge in [-0.25, -0.2) is 0 Å². The molecule has 5 heteroatoms. The maximum Gasteiger partial charge on any atom is 0.191 e. The minimum Gasteiger partial charge on any atom is -0.355 e. The number of benzene rings is 1. The lowest BCUT2D eigenvalue weighted by Gasteiger charge is -2.37. The predicted molar refractivity (Wildman–Crippen MR) is 107 cm³/mol. The highest BCUT2D eigenvalue weighted by molar-refractivity contribution is 5.79. The van der Waals surface area contributed by atoms with E-state index in [9.17, 15) is 0 Å². The van der Waals surface area contributed by atoms with Crippen LogP contribution in [0, 0.1) is 13.8 Å². The Labute approximate surface area is 153 Å². The summed E-state index contributed by atoms with van der Waals surface area (Å²) in [5.74, 6) is 0.874. The van der Waals surface area contributed by atoms with E-state index in [1.807, 2.05) is 7.05 Å². The summed E-state index contributed by atoms with van der Waals surface area (Å²) < 4.78 is 0. The molecule has 140 valence electrons. The van der Waals surface area contributed by atoms with Crippen molar-refractivity contribution in [3.63, 3.8) is 0 Å². The van der Waals surface area contributed by atoms with E-state index in [0.717, 1.165) is 38.7 Å². The lowest BCUT2D eigenvalue weighted by Crippen LogP contribution is -2.53. The van der Waals surface area contributed by atoms with Crippen LogP contribution in [0.1, 0.15) is 30.5 Å². The van der Waals surface area contributed by atoms with Crippen LogP contribution in [0.4, 0.5) is 0 Å². The Balaban J connectivity index is 1.76. The number of piperazine rings is 1. The fourth-order valence-electron chi connectivity index (χ4n) is 3.34. The first kappa shape index (κ1) is 19.7. The Morgan fingerprint density at radius 2 is 1.88 bits per heavy atom. The Morgan fingerprint density at radius 1 is 1.16 bits per heavy atom. The van der Waals surface area contributed by atoms with E-state index in [1.54, 1.807) is 0 Å². The number of hydrogen-bond acceptors (Lipinski definition) is 3. The third kappa shape index (κ3) is 6.01. The van der Waals surface area contributed by atoms with Gasteiger partial charge in [0.2, 0.25) is 0 Å². The summed E-state index contributed by atoms with van der Waals surface area (Å²) in [6.07, 6.45) is 0. The number of hydrogen-bond donors (Lipinski definition) is 2. The molecule has 0 bridgehead atoms. The molecule has 2 rings (SSSR count). The van der Waals surface area contributed by atoms with E-state index >= 15 is 0 Å². The molecule has 1 aromatic carbocycles. The molecule has 0 aliphatic carbocycles. The molecule has 1 aliphatic rings. The van der Waals surface area contributed by atoms with Crippen LogP contribution < -0.4 is 10.6 Å². The molecule has 1 fully saturated rings. The smallest absolute Gasteiger partial charge is 0.191 e. The van der Waals surface area contributed by atoms with Crippen LogP contribution in [-0.4, -0.2) is 68.1 Å². The highest BCUT2D eigenvalue weighted by Crippen LogP contribution is 2.10. The summed E-state index contributed by atoms with van der Waals surface area (Å²) in [7, 11) is 1.84. The second kappa shape index (κ2) is 9.78. The number of aliphatic imine (C=N–C) groups is 1.